The van der Waals surface area contributed by atoms with Crippen molar-refractivity contribution < 1.29 is 47.9 Å². The molecule has 13 heteroatoms. The van der Waals surface area contributed by atoms with Crippen molar-refractivity contribution in [3.8, 4) is 11.5 Å². The van der Waals surface area contributed by atoms with Gasteiger partial charge in [0.25, 0.3) is 5.97 Å². The third-order valence-electron chi connectivity index (χ3n) is 12.2. The molecule has 2 aromatic carbocycles. The van der Waals surface area contributed by atoms with Gasteiger partial charge in [0.15, 0.2) is 17.3 Å². The molecular weight excluding hydrogens is 706 g/mol. The lowest BCUT2D eigenvalue weighted by Gasteiger charge is -2.63. The average Bonchev–Trinajstić information content (AvgIpc) is 3.49. The van der Waals surface area contributed by atoms with Crippen molar-refractivity contribution in [1.82, 2.24) is 10.2 Å². The van der Waals surface area contributed by atoms with Crippen molar-refractivity contribution in [2.24, 2.45) is 16.8 Å². The van der Waals surface area contributed by atoms with E-state index in [4.69, 9.17) is 33.4 Å². The summed E-state index contributed by atoms with van der Waals surface area (Å²) in [5, 5.41) is 15.6. The van der Waals surface area contributed by atoms with Crippen molar-refractivity contribution in [2.45, 2.75) is 87.8 Å². The van der Waals surface area contributed by atoms with Crippen LogP contribution in [-0.2, 0) is 41.4 Å². The number of ketones is 1. The summed E-state index contributed by atoms with van der Waals surface area (Å²) in [5.41, 5.74) is -2.36. The molecule has 0 radical (unpaired) electrons. The van der Waals surface area contributed by atoms with E-state index in [1.54, 1.807) is 39.2 Å². The summed E-state index contributed by atoms with van der Waals surface area (Å²) in [4.78, 5) is 46.7. The molecule has 0 spiro atoms. The van der Waals surface area contributed by atoms with Crippen molar-refractivity contribution >= 4 is 23.6 Å². The number of methoxy groups -OCH3 is 1. The molecule has 0 aromatic heterocycles. The minimum Gasteiger partial charge on any atom is -0.493 e. The third kappa shape index (κ3) is 6.11. The molecule has 3 aliphatic heterocycles. The Morgan fingerprint density at radius 3 is 2.56 bits per heavy atom. The van der Waals surface area contributed by atoms with Crippen molar-refractivity contribution in [3.63, 3.8) is 0 Å². The minimum absolute atomic E-state index is 0.131. The molecule has 2 aliphatic carbocycles. The number of Topliss-reactive ketones (excluding diaryl/α,β-unsaturated/α-hetero) is 1. The molecule has 0 unspecified atom stereocenters. The number of hydrogen-bond donors (Lipinski definition) is 2. The Bertz CT molecular complexity index is 1970. The molecule has 55 heavy (non-hydrogen) atoms. The summed E-state index contributed by atoms with van der Waals surface area (Å²) in [6.45, 7) is 12.7. The van der Waals surface area contributed by atoms with E-state index in [0.717, 1.165) is 11.1 Å². The molecule has 3 fully saturated rings. The number of nitrogens with one attached hydrogen (secondary N) is 1. The predicted octanol–water partition coefficient (Wildman–Crippen LogP) is 4.35. The fourth-order valence-corrected chi connectivity index (χ4v) is 9.65. The first-order chi connectivity index (χ1) is 26.1. The molecule has 5 aliphatic rings. The Morgan fingerprint density at radius 2 is 1.87 bits per heavy atom. The minimum atomic E-state index is -1.92. The highest BCUT2D eigenvalue weighted by atomic mass is 16.9. The standard InChI is InChI=1S/C42H51N3O10/c1-25(2)40-21-27(4)42-33-18-26(3)35(47)39(33,49)23-30(44-38(42,5)36(40)53-41(54-40,55-42)22-28-12-10-9-11-13-28)24-51-34(46)20-29-14-15-31(32(19-29)50-8)52-37(48)45(7)17-16-43-6/h9-15,18-19,27,33,36,43,49H,1,16-17,20-24H2,2-8H3/t27-,33-,36-,38-,39-,40-,41-,42+/m1/s1. The monoisotopic (exact) mass is 757 g/mol. The van der Waals surface area contributed by atoms with Crippen molar-refractivity contribution in [2.75, 3.05) is 40.9 Å². The summed E-state index contributed by atoms with van der Waals surface area (Å²) < 4.78 is 37.9. The largest absolute Gasteiger partial charge is 0.493 e. The van der Waals surface area contributed by atoms with Crippen LogP contribution in [0, 0.1) is 11.8 Å². The van der Waals surface area contributed by atoms with Crippen LogP contribution in [0.5, 0.6) is 11.5 Å². The van der Waals surface area contributed by atoms with E-state index in [2.05, 4.69) is 18.8 Å². The number of nitrogens with zero attached hydrogens (tertiary/aromatic N) is 2. The quantitative estimate of drug-likeness (QED) is 0.235. The number of aliphatic hydroxyl groups is 1. The Labute approximate surface area is 321 Å². The maximum atomic E-state index is 14.0. The van der Waals surface area contributed by atoms with E-state index in [1.165, 1.54) is 12.0 Å². The number of ether oxygens (including phenoxy) is 6. The zero-order valence-corrected chi connectivity index (χ0v) is 32.6. The lowest BCUT2D eigenvalue weighted by atomic mass is 9.51. The number of benzene rings is 2. The maximum Gasteiger partial charge on any atom is 0.415 e. The van der Waals surface area contributed by atoms with Crippen LogP contribution in [0.3, 0.4) is 0 Å². The van der Waals surface area contributed by atoms with E-state index >= 15 is 0 Å². The summed E-state index contributed by atoms with van der Waals surface area (Å²) >= 11 is 0. The van der Waals surface area contributed by atoms with E-state index in [0.29, 0.717) is 36.4 Å². The number of carbonyl (C=O) groups excluding carboxylic acids is 3. The average molecular weight is 758 g/mol. The van der Waals surface area contributed by atoms with Crippen LogP contribution in [0.4, 0.5) is 4.79 Å². The summed E-state index contributed by atoms with van der Waals surface area (Å²) in [6, 6.07) is 14.6. The molecular formula is C42H51N3O10. The first-order valence-electron chi connectivity index (χ1n) is 18.8. The summed E-state index contributed by atoms with van der Waals surface area (Å²) in [6.07, 6.45) is 1.02. The van der Waals surface area contributed by atoms with Crippen LogP contribution in [0.15, 0.2) is 77.3 Å². The Hall–Kier alpha value is -4.40. The van der Waals surface area contributed by atoms with Gasteiger partial charge in [-0.25, -0.2) is 4.79 Å². The number of amides is 1. The van der Waals surface area contributed by atoms with Crippen LogP contribution in [0.1, 0.15) is 51.7 Å². The van der Waals surface area contributed by atoms with Gasteiger partial charge in [-0.1, -0.05) is 56.0 Å². The Morgan fingerprint density at radius 1 is 1.13 bits per heavy atom. The number of fused-ring (bicyclic) bond motifs is 2. The van der Waals surface area contributed by atoms with Gasteiger partial charge in [-0.15, -0.1) is 0 Å². The van der Waals surface area contributed by atoms with E-state index in [-0.39, 0.29) is 43.3 Å². The second kappa shape index (κ2) is 14.0. The molecule has 294 valence electrons. The molecule has 3 bridgehead atoms. The van der Waals surface area contributed by atoms with Crippen LogP contribution in [0.25, 0.3) is 0 Å². The highest BCUT2D eigenvalue weighted by Gasteiger charge is 2.84. The summed E-state index contributed by atoms with van der Waals surface area (Å²) in [5.74, 6) is -3.13. The highest BCUT2D eigenvalue weighted by Crippen LogP contribution is 2.70. The molecule has 3 heterocycles. The number of esters is 1. The molecule has 13 nitrogen and oxygen atoms in total. The lowest BCUT2D eigenvalue weighted by molar-refractivity contribution is -0.427. The van der Waals surface area contributed by atoms with Gasteiger partial charge in [0.2, 0.25) is 0 Å². The molecule has 1 saturated carbocycles. The number of likely N-dealkylation sites (N-methyl/N-ethyl adjacent to an activating group) is 2. The molecule has 7 rings (SSSR count). The van der Waals surface area contributed by atoms with Crippen molar-refractivity contribution in [3.05, 3.63) is 83.5 Å². The van der Waals surface area contributed by atoms with Gasteiger partial charge < -0.3 is 43.7 Å². The van der Waals surface area contributed by atoms with Gasteiger partial charge in [0.05, 0.1) is 25.7 Å². The van der Waals surface area contributed by atoms with E-state index in [1.807, 2.05) is 50.3 Å². The lowest BCUT2D eigenvalue weighted by Crippen LogP contribution is -2.78. The molecule has 2 aromatic rings. The molecule has 8 atom stereocenters. The van der Waals surface area contributed by atoms with E-state index < -0.39 is 58.2 Å². The number of rotatable bonds is 12. The Kier molecular flexibility index (Phi) is 9.86. The van der Waals surface area contributed by atoms with E-state index in [9.17, 15) is 19.5 Å². The van der Waals surface area contributed by atoms with Gasteiger partial charge >= 0.3 is 12.1 Å². The Balaban J connectivity index is 1.18. The SMILES string of the molecule is C=C(C)[C@]12C[C@@H](C)[C@@]34O[C@](Cc5ccccc5)(O[C@@H]1[C@@]3(C)N=C(COC(=O)Cc1ccc(OC(=O)N(C)CCNC)c(OC)c1)C[C@]1(O)C(=O)C(C)=C[C@@H]41)O2. The van der Waals surface area contributed by atoms with Crippen molar-refractivity contribution in [1.29, 1.82) is 0 Å². The first kappa shape index (κ1) is 38.9. The fraction of sp³-hybridized carbons (Fsp3) is 0.524. The number of aliphatic imine (C=N–C) groups is 1. The topological polar surface area (TPSA) is 154 Å². The first-order valence-corrected chi connectivity index (χ1v) is 18.8. The van der Waals surface area contributed by atoms with Gasteiger partial charge in [-0.05, 0) is 74.6 Å². The zero-order valence-electron chi connectivity index (χ0n) is 32.6. The molecule has 1 amide bonds. The van der Waals surface area contributed by atoms with Crippen LogP contribution in [0.2, 0.25) is 0 Å². The second-order valence-electron chi connectivity index (χ2n) is 15.9. The van der Waals surface area contributed by atoms with Gasteiger partial charge in [-0.3, -0.25) is 14.6 Å². The number of hydrogen-bond acceptors (Lipinski definition) is 12. The normalized spacial score (nSPS) is 34.2. The highest BCUT2D eigenvalue weighted by molar-refractivity contribution is 6.08. The molecule has 2 N–H and O–H groups in total. The fourth-order valence-electron chi connectivity index (χ4n) is 9.65. The smallest absolute Gasteiger partial charge is 0.415 e. The number of carbonyl (C=O) groups is 3. The maximum absolute atomic E-state index is 14.0. The van der Waals surface area contributed by atoms with Gasteiger partial charge in [0, 0.05) is 32.5 Å². The van der Waals surface area contributed by atoms with Gasteiger partial charge in [-0.2, -0.15) is 0 Å². The van der Waals surface area contributed by atoms with Crippen LogP contribution < -0.4 is 14.8 Å². The van der Waals surface area contributed by atoms with Gasteiger partial charge in [0.1, 0.15) is 35.1 Å². The van der Waals surface area contributed by atoms with Crippen LogP contribution in [-0.4, -0.2) is 109 Å². The second-order valence-corrected chi connectivity index (χ2v) is 15.9. The zero-order chi connectivity index (χ0) is 39.6. The third-order valence-corrected chi connectivity index (χ3v) is 12.2. The summed E-state index contributed by atoms with van der Waals surface area (Å²) in [7, 11) is 4.87. The predicted molar refractivity (Wildman–Crippen MR) is 202 cm³/mol. The molecule has 2 saturated heterocycles. The van der Waals surface area contributed by atoms with Crippen LogP contribution >= 0.6 is 0 Å².